The maximum Gasteiger partial charge on any atom is 0.212 e. The summed E-state index contributed by atoms with van der Waals surface area (Å²) in [6.45, 7) is 1.86. The second-order valence-corrected chi connectivity index (χ2v) is 7.48. The zero-order chi connectivity index (χ0) is 15.1. The van der Waals surface area contributed by atoms with Crippen molar-refractivity contribution >= 4 is 15.7 Å². The first-order valence-electron chi connectivity index (χ1n) is 7.54. The van der Waals surface area contributed by atoms with Crippen LogP contribution in [-0.4, -0.2) is 46.9 Å². The number of sulfonamides is 1. The molecule has 0 unspecified atom stereocenters. The smallest absolute Gasteiger partial charge is 0.212 e. The lowest BCUT2D eigenvalue weighted by atomic mass is 10.3. The van der Waals surface area contributed by atoms with E-state index in [-0.39, 0.29) is 5.75 Å². The minimum atomic E-state index is -3.14. The van der Waals surface area contributed by atoms with Gasteiger partial charge < -0.3 is 10.2 Å². The first kappa shape index (κ1) is 16.3. The maximum atomic E-state index is 11.8. The SMILES string of the molecule is CN(CCCNS(=O)(=O)CCNC1CC1)c1ccccc1. The van der Waals surface area contributed by atoms with Crippen LogP contribution in [0.2, 0.25) is 0 Å². The second-order valence-electron chi connectivity index (χ2n) is 5.55. The number of rotatable bonds is 10. The van der Waals surface area contributed by atoms with Crippen molar-refractivity contribution in [3.8, 4) is 0 Å². The highest BCUT2D eigenvalue weighted by Gasteiger charge is 2.21. The third kappa shape index (κ3) is 6.46. The van der Waals surface area contributed by atoms with E-state index in [1.165, 1.54) is 12.8 Å². The van der Waals surface area contributed by atoms with Crippen molar-refractivity contribution < 1.29 is 8.42 Å². The van der Waals surface area contributed by atoms with Gasteiger partial charge in [-0.15, -0.1) is 0 Å². The number of hydrogen-bond acceptors (Lipinski definition) is 4. The van der Waals surface area contributed by atoms with Crippen molar-refractivity contribution in [2.45, 2.75) is 25.3 Å². The molecular formula is C15H25N3O2S. The predicted molar refractivity (Wildman–Crippen MR) is 87.1 cm³/mol. The van der Waals surface area contributed by atoms with Crippen LogP contribution in [0.3, 0.4) is 0 Å². The Balaban J connectivity index is 1.59. The summed E-state index contributed by atoms with van der Waals surface area (Å²) >= 11 is 0. The Morgan fingerprint density at radius 3 is 2.57 bits per heavy atom. The van der Waals surface area contributed by atoms with Gasteiger partial charge in [0.05, 0.1) is 5.75 Å². The van der Waals surface area contributed by atoms with Gasteiger partial charge in [0.2, 0.25) is 10.0 Å². The first-order chi connectivity index (χ1) is 10.1. The molecule has 1 aliphatic carbocycles. The van der Waals surface area contributed by atoms with Crippen LogP contribution in [0.1, 0.15) is 19.3 Å². The van der Waals surface area contributed by atoms with E-state index in [2.05, 4.69) is 14.9 Å². The predicted octanol–water partition coefficient (Wildman–Crippen LogP) is 1.18. The van der Waals surface area contributed by atoms with Crippen molar-refractivity contribution in [2.75, 3.05) is 37.3 Å². The molecule has 2 N–H and O–H groups in total. The molecular weight excluding hydrogens is 286 g/mol. The van der Waals surface area contributed by atoms with Crippen molar-refractivity contribution in [1.82, 2.24) is 10.0 Å². The standard InChI is InChI=1S/C15H25N3O2S/c1-18(15-6-3-2-4-7-15)12-5-10-17-21(19,20)13-11-16-14-8-9-14/h2-4,6-7,14,16-17H,5,8-13H2,1H3. The van der Waals surface area contributed by atoms with Gasteiger partial charge in [0, 0.05) is 38.4 Å². The van der Waals surface area contributed by atoms with Gasteiger partial charge in [0.25, 0.3) is 0 Å². The monoisotopic (exact) mass is 311 g/mol. The third-order valence-electron chi connectivity index (χ3n) is 3.57. The highest BCUT2D eigenvalue weighted by molar-refractivity contribution is 7.89. The van der Waals surface area contributed by atoms with Gasteiger partial charge in [-0.1, -0.05) is 18.2 Å². The number of nitrogens with zero attached hydrogens (tertiary/aromatic N) is 1. The fraction of sp³-hybridized carbons (Fsp3) is 0.600. The van der Waals surface area contributed by atoms with Crippen molar-refractivity contribution in [1.29, 1.82) is 0 Å². The molecule has 1 fully saturated rings. The molecule has 0 aromatic heterocycles. The van der Waals surface area contributed by atoms with Crippen LogP contribution in [-0.2, 0) is 10.0 Å². The van der Waals surface area contributed by atoms with E-state index in [4.69, 9.17) is 0 Å². The highest BCUT2D eigenvalue weighted by atomic mass is 32.2. The lowest BCUT2D eigenvalue weighted by Crippen LogP contribution is -2.34. The number of nitrogens with one attached hydrogen (secondary N) is 2. The van der Waals surface area contributed by atoms with Gasteiger partial charge in [-0.2, -0.15) is 0 Å². The van der Waals surface area contributed by atoms with Gasteiger partial charge in [-0.25, -0.2) is 13.1 Å². The Morgan fingerprint density at radius 1 is 1.19 bits per heavy atom. The molecule has 1 aliphatic rings. The fourth-order valence-corrected chi connectivity index (χ4v) is 3.10. The van der Waals surface area contributed by atoms with Gasteiger partial charge in [0.1, 0.15) is 0 Å². The maximum absolute atomic E-state index is 11.8. The molecule has 5 nitrogen and oxygen atoms in total. The molecule has 0 spiro atoms. The molecule has 0 radical (unpaired) electrons. The Labute approximate surface area is 127 Å². The lowest BCUT2D eigenvalue weighted by molar-refractivity contribution is 0.574. The molecule has 1 saturated carbocycles. The van der Waals surface area contributed by atoms with E-state index < -0.39 is 10.0 Å². The van der Waals surface area contributed by atoms with E-state index >= 15 is 0 Å². The van der Waals surface area contributed by atoms with E-state index in [9.17, 15) is 8.42 Å². The Morgan fingerprint density at radius 2 is 1.90 bits per heavy atom. The largest absolute Gasteiger partial charge is 0.375 e. The molecule has 0 saturated heterocycles. The number of para-hydroxylation sites is 1. The van der Waals surface area contributed by atoms with Crippen LogP contribution in [0, 0.1) is 0 Å². The molecule has 1 aromatic carbocycles. The van der Waals surface area contributed by atoms with Crippen LogP contribution in [0.15, 0.2) is 30.3 Å². The number of anilines is 1. The second kappa shape index (κ2) is 7.77. The topological polar surface area (TPSA) is 61.4 Å². The summed E-state index contributed by atoms with van der Waals surface area (Å²) in [6, 6.07) is 10.6. The molecule has 0 heterocycles. The van der Waals surface area contributed by atoms with Gasteiger partial charge in [-0.3, -0.25) is 0 Å². The van der Waals surface area contributed by atoms with E-state index in [0.29, 0.717) is 19.1 Å². The average molecular weight is 311 g/mol. The van der Waals surface area contributed by atoms with Gasteiger partial charge in [0.15, 0.2) is 0 Å². The summed E-state index contributed by atoms with van der Waals surface area (Å²) in [6.07, 6.45) is 3.15. The Bertz CT molecular complexity index is 515. The number of hydrogen-bond donors (Lipinski definition) is 2. The quantitative estimate of drug-likeness (QED) is 0.637. The zero-order valence-electron chi connectivity index (χ0n) is 12.6. The van der Waals surface area contributed by atoms with Crippen LogP contribution < -0.4 is 14.9 Å². The molecule has 2 rings (SSSR count). The number of benzene rings is 1. The molecule has 21 heavy (non-hydrogen) atoms. The van der Waals surface area contributed by atoms with Crippen LogP contribution in [0.4, 0.5) is 5.69 Å². The molecule has 0 atom stereocenters. The van der Waals surface area contributed by atoms with Gasteiger partial charge in [-0.05, 0) is 31.4 Å². The zero-order valence-corrected chi connectivity index (χ0v) is 13.4. The Kier molecular flexibility index (Phi) is 6.02. The molecule has 0 aliphatic heterocycles. The van der Waals surface area contributed by atoms with Crippen LogP contribution in [0.5, 0.6) is 0 Å². The fourth-order valence-electron chi connectivity index (χ4n) is 2.11. The average Bonchev–Trinajstić information content (AvgIpc) is 3.28. The lowest BCUT2D eigenvalue weighted by Gasteiger charge is -2.19. The molecule has 0 amide bonds. The van der Waals surface area contributed by atoms with Crippen LogP contribution in [0.25, 0.3) is 0 Å². The van der Waals surface area contributed by atoms with E-state index in [1.807, 2.05) is 37.4 Å². The van der Waals surface area contributed by atoms with E-state index in [1.54, 1.807) is 0 Å². The van der Waals surface area contributed by atoms with E-state index in [0.717, 1.165) is 18.7 Å². The normalized spacial score (nSPS) is 15.1. The Hall–Kier alpha value is -1.11. The van der Waals surface area contributed by atoms with Crippen molar-refractivity contribution in [2.24, 2.45) is 0 Å². The van der Waals surface area contributed by atoms with Crippen molar-refractivity contribution in [3.63, 3.8) is 0 Å². The summed E-state index contributed by atoms with van der Waals surface area (Å²) in [7, 11) is -1.13. The van der Waals surface area contributed by atoms with Gasteiger partial charge >= 0.3 is 0 Å². The summed E-state index contributed by atoms with van der Waals surface area (Å²) in [5.41, 5.74) is 1.15. The molecule has 6 heteroatoms. The van der Waals surface area contributed by atoms with Crippen molar-refractivity contribution in [3.05, 3.63) is 30.3 Å². The minimum absolute atomic E-state index is 0.165. The molecule has 1 aromatic rings. The summed E-state index contributed by atoms with van der Waals surface area (Å²) in [5, 5.41) is 3.22. The molecule has 0 bridgehead atoms. The summed E-state index contributed by atoms with van der Waals surface area (Å²) < 4.78 is 26.2. The van der Waals surface area contributed by atoms with Crippen LogP contribution >= 0.6 is 0 Å². The minimum Gasteiger partial charge on any atom is -0.375 e. The highest BCUT2D eigenvalue weighted by Crippen LogP contribution is 2.18. The molecule has 118 valence electrons. The third-order valence-corrected chi connectivity index (χ3v) is 4.96. The summed E-state index contributed by atoms with van der Waals surface area (Å²) in [5.74, 6) is 0.165. The first-order valence-corrected chi connectivity index (χ1v) is 9.19. The summed E-state index contributed by atoms with van der Waals surface area (Å²) in [4.78, 5) is 2.13.